The zero-order valence-electron chi connectivity index (χ0n) is 14.2. The first-order valence-corrected chi connectivity index (χ1v) is 8.83. The highest BCUT2D eigenvalue weighted by Crippen LogP contribution is 2.24. The molecule has 0 radical (unpaired) electrons. The molecule has 3 N–H and O–H groups in total. The SMILES string of the molecule is CC1CNCCC1NC(=O)c1sccc1NC(=O)c1ccncc1.Cl.Cl. The number of carbonyl (C=O) groups excluding carboxylic acids is 2. The average Bonchev–Trinajstić information content (AvgIpc) is 3.06. The monoisotopic (exact) mass is 416 g/mol. The number of piperidine rings is 1. The Kier molecular flexibility index (Phi) is 9.01. The summed E-state index contributed by atoms with van der Waals surface area (Å²) in [5.74, 6) is 0.00591. The van der Waals surface area contributed by atoms with Crippen LogP contribution in [0.5, 0.6) is 0 Å². The highest BCUT2D eigenvalue weighted by atomic mass is 35.5. The molecule has 3 heterocycles. The molecule has 0 spiro atoms. The number of hydrogen-bond donors (Lipinski definition) is 3. The number of nitrogens with one attached hydrogen (secondary N) is 3. The summed E-state index contributed by atoms with van der Waals surface area (Å²) in [6.45, 7) is 3.93. The molecule has 2 atom stereocenters. The number of amides is 2. The Bertz CT molecular complexity index is 727. The molecule has 2 unspecified atom stereocenters. The number of halogens is 2. The highest BCUT2D eigenvalue weighted by Gasteiger charge is 2.25. The summed E-state index contributed by atoms with van der Waals surface area (Å²) in [6.07, 6.45) is 4.04. The molecular formula is C17H22Cl2N4O2S. The van der Waals surface area contributed by atoms with Crippen molar-refractivity contribution in [3.63, 3.8) is 0 Å². The lowest BCUT2D eigenvalue weighted by molar-refractivity contribution is 0.0919. The van der Waals surface area contributed by atoms with E-state index in [4.69, 9.17) is 0 Å². The molecule has 2 aromatic heterocycles. The van der Waals surface area contributed by atoms with Crippen molar-refractivity contribution in [2.45, 2.75) is 19.4 Å². The van der Waals surface area contributed by atoms with Gasteiger partial charge in [0.05, 0.1) is 5.69 Å². The number of pyridine rings is 1. The van der Waals surface area contributed by atoms with Gasteiger partial charge in [0, 0.05) is 24.0 Å². The average molecular weight is 417 g/mol. The number of nitrogens with zero attached hydrogens (tertiary/aromatic N) is 1. The van der Waals surface area contributed by atoms with Gasteiger partial charge in [0.2, 0.25) is 0 Å². The van der Waals surface area contributed by atoms with Gasteiger partial charge in [0.1, 0.15) is 4.88 Å². The van der Waals surface area contributed by atoms with E-state index in [1.807, 2.05) is 5.38 Å². The maximum absolute atomic E-state index is 12.6. The molecule has 3 rings (SSSR count). The molecule has 1 saturated heterocycles. The lowest BCUT2D eigenvalue weighted by atomic mass is 9.95. The second-order valence-corrected chi connectivity index (χ2v) is 6.82. The maximum Gasteiger partial charge on any atom is 0.263 e. The first-order chi connectivity index (χ1) is 11.6. The van der Waals surface area contributed by atoms with Gasteiger partial charge in [-0.15, -0.1) is 36.2 Å². The molecule has 0 aromatic carbocycles. The number of carbonyl (C=O) groups is 2. The van der Waals surface area contributed by atoms with Crippen molar-refractivity contribution in [2.24, 2.45) is 5.92 Å². The molecule has 6 nitrogen and oxygen atoms in total. The van der Waals surface area contributed by atoms with Crippen molar-refractivity contribution < 1.29 is 9.59 Å². The quantitative estimate of drug-likeness (QED) is 0.715. The van der Waals surface area contributed by atoms with E-state index in [0.29, 0.717) is 22.0 Å². The molecule has 1 aliphatic rings. The van der Waals surface area contributed by atoms with Gasteiger partial charge in [-0.1, -0.05) is 6.92 Å². The number of rotatable bonds is 4. The van der Waals surface area contributed by atoms with Crippen LogP contribution in [0.4, 0.5) is 5.69 Å². The van der Waals surface area contributed by atoms with Crippen LogP contribution in [0.3, 0.4) is 0 Å². The molecule has 0 bridgehead atoms. The Hall–Kier alpha value is -1.67. The fourth-order valence-electron chi connectivity index (χ4n) is 2.74. The Morgan fingerprint density at radius 1 is 1.19 bits per heavy atom. The fraction of sp³-hybridized carbons (Fsp3) is 0.353. The number of hydrogen-bond acceptors (Lipinski definition) is 5. The van der Waals surface area contributed by atoms with Crippen molar-refractivity contribution in [1.82, 2.24) is 15.6 Å². The zero-order chi connectivity index (χ0) is 16.9. The van der Waals surface area contributed by atoms with Crippen LogP contribution in [0.2, 0.25) is 0 Å². The minimum atomic E-state index is -0.250. The van der Waals surface area contributed by atoms with E-state index in [0.717, 1.165) is 19.5 Å². The van der Waals surface area contributed by atoms with Crippen molar-refractivity contribution >= 4 is 53.7 Å². The summed E-state index contributed by atoms with van der Waals surface area (Å²) in [6, 6.07) is 5.19. The summed E-state index contributed by atoms with van der Waals surface area (Å²) >= 11 is 1.33. The van der Waals surface area contributed by atoms with Crippen molar-refractivity contribution in [3.8, 4) is 0 Å². The predicted octanol–water partition coefficient (Wildman–Crippen LogP) is 2.97. The standard InChI is InChI=1S/C17H20N4O2S.2ClH/c1-11-10-19-8-4-13(11)20-17(23)15-14(5-9-24-15)21-16(22)12-2-6-18-7-3-12;;/h2-3,5-7,9,11,13,19H,4,8,10H2,1H3,(H,20,23)(H,21,22);2*1H. The predicted molar refractivity (Wildman–Crippen MR) is 109 cm³/mol. The highest BCUT2D eigenvalue weighted by molar-refractivity contribution is 7.12. The van der Waals surface area contributed by atoms with Gasteiger partial charge >= 0.3 is 0 Å². The number of aromatic nitrogens is 1. The van der Waals surface area contributed by atoms with E-state index in [1.54, 1.807) is 30.6 Å². The zero-order valence-corrected chi connectivity index (χ0v) is 16.7. The lowest BCUT2D eigenvalue weighted by Crippen LogP contribution is -2.48. The molecule has 142 valence electrons. The van der Waals surface area contributed by atoms with Crippen LogP contribution in [0.15, 0.2) is 36.0 Å². The largest absolute Gasteiger partial charge is 0.348 e. The van der Waals surface area contributed by atoms with E-state index in [9.17, 15) is 9.59 Å². The summed E-state index contributed by atoms with van der Waals surface area (Å²) in [5.41, 5.74) is 1.05. The van der Waals surface area contributed by atoms with Gasteiger partial charge in [-0.3, -0.25) is 14.6 Å². The molecular weight excluding hydrogens is 395 g/mol. The van der Waals surface area contributed by atoms with Crippen LogP contribution in [0.1, 0.15) is 33.4 Å². The molecule has 0 aliphatic carbocycles. The Morgan fingerprint density at radius 2 is 1.92 bits per heavy atom. The van der Waals surface area contributed by atoms with Crippen LogP contribution in [0, 0.1) is 5.92 Å². The third-order valence-electron chi connectivity index (χ3n) is 4.16. The van der Waals surface area contributed by atoms with Crippen LogP contribution < -0.4 is 16.0 Å². The molecule has 26 heavy (non-hydrogen) atoms. The maximum atomic E-state index is 12.6. The van der Waals surface area contributed by atoms with Gasteiger partial charge in [0.15, 0.2) is 0 Å². The second-order valence-electron chi connectivity index (χ2n) is 5.90. The Labute approximate surface area is 169 Å². The normalized spacial score (nSPS) is 18.8. The first kappa shape index (κ1) is 22.4. The molecule has 1 aliphatic heterocycles. The van der Waals surface area contributed by atoms with Gasteiger partial charge < -0.3 is 16.0 Å². The third-order valence-corrected chi connectivity index (χ3v) is 5.08. The van der Waals surface area contributed by atoms with Gasteiger partial charge in [-0.25, -0.2) is 0 Å². The summed E-state index contributed by atoms with van der Waals surface area (Å²) < 4.78 is 0. The van der Waals surface area contributed by atoms with E-state index < -0.39 is 0 Å². The number of anilines is 1. The van der Waals surface area contributed by atoms with Gasteiger partial charge in [0.25, 0.3) is 11.8 Å². The Balaban J connectivity index is 0.00000169. The van der Waals surface area contributed by atoms with Gasteiger partial charge in [-0.2, -0.15) is 0 Å². The molecule has 1 fully saturated rings. The van der Waals surface area contributed by atoms with Crippen LogP contribution in [-0.2, 0) is 0 Å². The van der Waals surface area contributed by atoms with Crippen molar-refractivity contribution in [2.75, 3.05) is 18.4 Å². The molecule has 2 amide bonds. The van der Waals surface area contributed by atoms with Crippen LogP contribution in [0.25, 0.3) is 0 Å². The third kappa shape index (κ3) is 5.41. The van der Waals surface area contributed by atoms with Gasteiger partial charge in [-0.05, 0) is 49.0 Å². The second kappa shape index (κ2) is 10.5. The lowest BCUT2D eigenvalue weighted by Gasteiger charge is -2.30. The molecule has 9 heteroatoms. The number of thiophene rings is 1. The van der Waals surface area contributed by atoms with E-state index in [2.05, 4.69) is 27.9 Å². The topological polar surface area (TPSA) is 83.1 Å². The minimum Gasteiger partial charge on any atom is -0.348 e. The van der Waals surface area contributed by atoms with E-state index in [1.165, 1.54) is 11.3 Å². The van der Waals surface area contributed by atoms with Crippen LogP contribution in [-0.4, -0.2) is 35.9 Å². The van der Waals surface area contributed by atoms with Crippen molar-refractivity contribution in [3.05, 3.63) is 46.4 Å². The Morgan fingerprint density at radius 3 is 2.62 bits per heavy atom. The smallest absolute Gasteiger partial charge is 0.263 e. The fourth-order valence-corrected chi connectivity index (χ4v) is 3.50. The molecule has 0 saturated carbocycles. The summed E-state index contributed by atoms with van der Waals surface area (Å²) in [5, 5.41) is 11.0. The summed E-state index contributed by atoms with van der Waals surface area (Å²) in [7, 11) is 0. The van der Waals surface area contributed by atoms with E-state index >= 15 is 0 Å². The first-order valence-electron chi connectivity index (χ1n) is 7.95. The van der Waals surface area contributed by atoms with Crippen LogP contribution >= 0.6 is 36.2 Å². The minimum absolute atomic E-state index is 0. The summed E-state index contributed by atoms with van der Waals surface area (Å²) in [4.78, 5) is 29.3. The molecule has 2 aromatic rings. The van der Waals surface area contributed by atoms with E-state index in [-0.39, 0.29) is 42.7 Å². The van der Waals surface area contributed by atoms with Crippen molar-refractivity contribution in [1.29, 1.82) is 0 Å².